The SMILES string of the molecule is Cl.Nc1[nH]ncc1-c1cccc2ccn3cc4cnncc4c3c12. The lowest BCUT2D eigenvalue weighted by atomic mass is 9.99. The molecular weight excluding hydrogens is 324 g/mol. The van der Waals surface area contributed by atoms with Crippen molar-refractivity contribution in [3.05, 3.63) is 55.2 Å². The van der Waals surface area contributed by atoms with Crippen LogP contribution in [0.1, 0.15) is 0 Å². The number of aromatic nitrogens is 5. The summed E-state index contributed by atoms with van der Waals surface area (Å²) < 4.78 is 2.11. The van der Waals surface area contributed by atoms with Crippen LogP contribution in [0.2, 0.25) is 0 Å². The summed E-state index contributed by atoms with van der Waals surface area (Å²) in [6.45, 7) is 0. The molecule has 0 aliphatic carbocycles. The van der Waals surface area contributed by atoms with E-state index in [9.17, 15) is 0 Å². The Labute approximate surface area is 142 Å². The average molecular weight is 337 g/mol. The smallest absolute Gasteiger partial charge is 0.126 e. The molecule has 4 heterocycles. The van der Waals surface area contributed by atoms with Crippen LogP contribution in [0.25, 0.3) is 38.2 Å². The molecule has 5 aromatic rings. The number of anilines is 1. The first-order valence-electron chi connectivity index (χ1n) is 7.25. The number of nitrogen functional groups attached to an aromatic ring is 1. The van der Waals surface area contributed by atoms with E-state index >= 15 is 0 Å². The van der Waals surface area contributed by atoms with Gasteiger partial charge in [-0.05, 0) is 17.0 Å². The van der Waals surface area contributed by atoms with Gasteiger partial charge in [0.05, 0.1) is 24.1 Å². The highest BCUT2D eigenvalue weighted by Crippen LogP contribution is 2.36. The Bertz CT molecular complexity index is 1190. The van der Waals surface area contributed by atoms with E-state index in [1.54, 1.807) is 18.6 Å². The summed E-state index contributed by atoms with van der Waals surface area (Å²) in [5, 5.41) is 19.3. The number of benzene rings is 1. The molecule has 4 aromatic heterocycles. The minimum Gasteiger partial charge on any atom is -0.384 e. The van der Waals surface area contributed by atoms with E-state index in [4.69, 9.17) is 5.73 Å². The molecule has 0 amide bonds. The normalized spacial score (nSPS) is 11.2. The van der Waals surface area contributed by atoms with Crippen molar-refractivity contribution in [2.45, 2.75) is 0 Å². The van der Waals surface area contributed by atoms with Crippen molar-refractivity contribution in [3.8, 4) is 11.1 Å². The van der Waals surface area contributed by atoms with Gasteiger partial charge < -0.3 is 10.1 Å². The molecule has 118 valence electrons. The number of nitrogens with zero attached hydrogens (tertiary/aromatic N) is 4. The Hall–Kier alpha value is -3.12. The Morgan fingerprint density at radius 1 is 0.958 bits per heavy atom. The van der Waals surface area contributed by atoms with Crippen molar-refractivity contribution >= 4 is 45.3 Å². The lowest BCUT2D eigenvalue weighted by Crippen LogP contribution is -1.91. The largest absolute Gasteiger partial charge is 0.384 e. The molecule has 0 fully saturated rings. The van der Waals surface area contributed by atoms with Gasteiger partial charge in [-0.2, -0.15) is 15.3 Å². The number of nitrogens with two attached hydrogens (primary N) is 1. The zero-order chi connectivity index (χ0) is 15.4. The van der Waals surface area contributed by atoms with Crippen molar-refractivity contribution < 1.29 is 0 Å². The molecule has 0 aliphatic rings. The molecule has 0 saturated carbocycles. The average Bonchev–Trinajstić information content (AvgIpc) is 3.17. The first-order chi connectivity index (χ1) is 11.3. The second-order valence-electron chi connectivity index (χ2n) is 5.53. The van der Waals surface area contributed by atoms with Crippen molar-refractivity contribution in [3.63, 3.8) is 0 Å². The maximum absolute atomic E-state index is 6.05. The minimum atomic E-state index is 0. The third-order valence-corrected chi connectivity index (χ3v) is 4.26. The third kappa shape index (κ3) is 1.87. The van der Waals surface area contributed by atoms with E-state index in [-0.39, 0.29) is 12.4 Å². The number of nitrogens with one attached hydrogen (secondary N) is 1. The fraction of sp³-hybridized carbons (Fsp3) is 0. The predicted molar refractivity (Wildman–Crippen MR) is 97.2 cm³/mol. The Morgan fingerprint density at radius 3 is 2.67 bits per heavy atom. The molecule has 0 aliphatic heterocycles. The minimum absolute atomic E-state index is 0. The van der Waals surface area contributed by atoms with Gasteiger partial charge in [-0.1, -0.05) is 18.2 Å². The molecule has 6 nitrogen and oxygen atoms in total. The van der Waals surface area contributed by atoms with Crippen LogP contribution in [0.4, 0.5) is 5.82 Å². The monoisotopic (exact) mass is 336 g/mol. The van der Waals surface area contributed by atoms with Gasteiger partial charge in [0.2, 0.25) is 0 Å². The van der Waals surface area contributed by atoms with Gasteiger partial charge in [0.15, 0.2) is 0 Å². The van der Waals surface area contributed by atoms with Crippen LogP contribution in [-0.4, -0.2) is 24.8 Å². The molecule has 0 bridgehead atoms. The maximum Gasteiger partial charge on any atom is 0.126 e. The lowest BCUT2D eigenvalue weighted by molar-refractivity contribution is 1.05. The van der Waals surface area contributed by atoms with Crippen molar-refractivity contribution in [2.75, 3.05) is 5.73 Å². The maximum atomic E-state index is 6.05. The van der Waals surface area contributed by atoms with Gasteiger partial charge in [-0.15, -0.1) is 12.4 Å². The summed E-state index contributed by atoms with van der Waals surface area (Å²) >= 11 is 0. The van der Waals surface area contributed by atoms with Gasteiger partial charge in [0, 0.05) is 34.1 Å². The van der Waals surface area contributed by atoms with Crippen molar-refractivity contribution in [1.82, 2.24) is 24.8 Å². The zero-order valence-corrected chi connectivity index (χ0v) is 13.3. The number of H-pyrrole nitrogens is 1. The van der Waals surface area contributed by atoms with Gasteiger partial charge in [-0.25, -0.2) is 0 Å². The Kier molecular flexibility index (Phi) is 3.14. The summed E-state index contributed by atoms with van der Waals surface area (Å²) in [6, 6.07) is 8.30. The number of rotatable bonds is 1. The van der Waals surface area contributed by atoms with Gasteiger partial charge >= 0.3 is 0 Å². The van der Waals surface area contributed by atoms with Crippen LogP contribution < -0.4 is 5.73 Å². The number of pyridine rings is 1. The first-order valence-corrected chi connectivity index (χ1v) is 7.25. The molecule has 0 radical (unpaired) electrons. The van der Waals surface area contributed by atoms with Crippen LogP contribution in [0.3, 0.4) is 0 Å². The summed E-state index contributed by atoms with van der Waals surface area (Å²) in [6.07, 6.45) is 9.47. The van der Waals surface area contributed by atoms with E-state index in [0.717, 1.165) is 38.2 Å². The lowest BCUT2D eigenvalue weighted by Gasteiger charge is -2.08. The van der Waals surface area contributed by atoms with Crippen molar-refractivity contribution in [1.29, 1.82) is 0 Å². The molecule has 0 unspecified atom stereocenters. The quantitative estimate of drug-likeness (QED) is 0.491. The second kappa shape index (κ2) is 5.21. The van der Waals surface area contributed by atoms with Gasteiger partial charge in [0.1, 0.15) is 5.82 Å². The Balaban J connectivity index is 0.00000146. The van der Waals surface area contributed by atoms with Crippen LogP contribution in [0.5, 0.6) is 0 Å². The molecule has 24 heavy (non-hydrogen) atoms. The highest BCUT2D eigenvalue weighted by Gasteiger charge is 2.14. The standard InChI is InChI=1S/C17H12N6.ClH/c18-17-14(8-21-22-17)12-3-1-2-10-4-5-23-9-11-6-19-20-7-13(11)16(23)15(10)12;/h1-9H,(H3,18,21,22);1H. The van der Waals surface area contributed by atoms with Crippen LogP contribution >= 0.6 is 12.4 Å². The molecular formula is C17H13ClN6. The number of halogens is 1. The fourth-order valence-corrected chi connectivity index (χ4v) is 3.24. The molecule has 0 spiro atoms. The molecule has 7 heteroatoms. The van der Waals surface area contributed by atoms with Crippen molar-refractivity contribution in [2.24, 2.45) is 0 Å². The second-order valence-corrected chi connectivity index (χ2v) is 5.53. The summed E-state index contributed by atoms with van der Waals surface area (Å²) in [5.41, 5.74) is 9.10. The summed E-state index contributed by atoms with van der Waals surface area (Å²) in [5.74, 6) is 0.565. The summed E-state index contributed by atoms with van der Waals surface area (Å²) in [7, 11) is 0. The molecule has 1 aromatic carbocycles. The van der Waals surface area contributed by atoms with Crippen LogP contribution in [0.15, 0.2) is 55.2 Å². The van der Waals surface area contributed by atoms with E-state index in [0.29, 0.717) is 5.82 Å². The van der Waals surface area contributed by atoms with Gasteiger partial charge in [0.25, 0.3) is 0 Å². The predicted octanol–water partition coefficient (Wildman–Crippen LogP) is 3.43. The van der Waals surface area contributed by atoms with Crippen LogP contribution in [0, 0.1) is 0 Å². The highest BCUT2D eigenvalue weighted by atomic mass is 35.5. The number of fused-ring (bicyclic) bond motifs is 5. The number of hydrogen-bond donors (Lipinski definition) is 2. The first kappa shape index (κ1) is 14.5. The Morgan fingerprint density at radius 2 is 1.83 bits per heavy atom. The third-order valence-electron chi connectivity index (χ3n) is 4.26. The molecule has 0 saturated heterocycles. The van der Waals surface area contributed by atoms with Crippen LogP contribution in [-0.2, 0) is 0 Å². The van der Waals surface area contributed by atoms with E-state index in [1.807, 2.05) is 6.07 Å². The highest BCUT2D eigenvalue weighted by molar-refractivity contribution is 6.16. The number of aromatic amines is 1. The number of hydrogen-bond acceptors (Lipinski definition) is 4. The fourth-order valence-electron chi connectivity index (χ4n) is 3.24. The molecule has 5 rings (SSSR count). The van der Waals surface area contributed by atoms with E-state index < -0.39 is 0 Å². The molecule has 3 N–H and O–H groups in total. The topological polar surface area (TPSA) is 84.9 Å². The van der Waals surface area contributed by atoms with E-state index in [2.05, 4.69) is 55.4 Å². The zero-order valence-electron chi connectivity index (χ0n) is 12.5. The molecule has 0 atom stereocenters. The summed E-state index contributed by atoms with van der Waals surface area (Å²) in [4.78, 5) is 0. The van der Waals surface area contributed by atoms with Gasteiger partial charge in [-0.3, -0.25) is 5.10 Å². The van der Waals surface area contributed by atoms with E-state index in [1.165, 1.54) is 0 Å².